The number of halogens is 1. The van der Waals surface area contributed by atoms with E-state index in [1.807, 2.05) is 17.0 Å². The summed E-state index contributed by atoms with van der Waals surface area (Å²) < 4.78 is 0. The van der Waals surface area contributed by atoms with Gasteiger partial charge in [0.05, 0.1) is 0 Å². The fourth-order valence-electron chi connectivity index (χ4n) is 3.36. The van der Waals surface area contributed by atoms with Crippen LogP contribution in [0.5, 0.6) is 0 Å². The number of hydrogen-bond acceptors (Lipinski definition) is 2. The van der Waals surface area contributed by atoms with Crippen molar-refractivity contribution in [2.75, 3.05) is 6.54 Å². The molecule has 2 aromatic rings. The van der Waals surface area contributed by atoms with E-state index < -0.39 is 5.97 Å². The number of amides is 1. The Labute approximate surface area is 152 Å². The first-order valence-corrected chi connectivity index (χ1v) is 8.77. The minimum absolute atomic E-state index is 0.0596. The van der Waals surface area contributed by atoms with Crippen LogP contribution in [0.1, 0.15) is 34.3 Å². The van der Waals surface area contributed by atoms with Crippen molar-refractivity contribution >= 4 is 23.5 Å². The van der Waals surface area contributed by atoms with Crippen molar-refractivity contribution in [1.82, 2.24) is 4.90 Å². The number of nitrogens with zero attached hydrogens (tertiary/aromatic N) is 1. The molecule has 0 fully saturated rings. The quantitative estimate of drug-likeness (QED) is 0.855. The maximum atomic E-state index is 13.0. The first kappa shape index (κ1) is 17.5. The summed E-state index contributed by atoms with van der Waals surface area (Å²) in [6, 6.07) is 15.1. The summed E-state index contributed by atoms with van der Waals surface area (Å²) in [5.41, 5.74) is 3.11. The minimum Gasteiger partial charge on any atom is -0.481 e. The van der Waals surface area contributed by atoms with E-state index in [-0.39, 0.29) is 18.4 Å². The van der Waals surface area contributed by atoms with Crippen LogP contribution in [-0.4, -0.2) is 34.5 Å². The zero-order chi connectivity index (χ0) is 17.8. The average molecular weight is 358 g/mol. The average Bonchev–Trinajstić information content (AvgIpc) is 3.02. The van der Waals surface area contributed by atoms with Gasteiger partial charge in [0.1, 0.15) is 0 Å². The Morgan fingerprint density at radius 3 is 2.20 bits per heavy atom. The first-order chi connectivity index (χ1) is 12.0. The van der Waals surface area contributed by atoms with Crippen LogP contribution in [0, 0.1) is 0 Å². The first-order valence-electron chi connectivity index (χ1n) is 8.39. The van der Waals surface area contributed by atoms with Gasteiger partial charge in [-0.25, -0.2) is 0 Å². The van der Waals surface area contributed by atoms with Gasteiger partial charge in [0.15, 0.2) is 0 Å². The molecule has 1 aliphatic rings. The van der Waals surface area contributed by atoms with Gasteiger partial charge in [0.25, 0.3) is 5.91 Å². The highest BCUT2D eigenvalue weighted by atomic mass is 35.5. The molecular weight excluding hydrogens is 338 g/mol. The lowest BCUT2D eigenvalue weighted by Crippen LogP contribution is -2.41. The molecule has 0 spiro atoms. The molecule has 4 nitrogen and oxygen atoms in total. The van der Waals surface area contributed by atoms with Gasteiger partial charge in [-0.15, -0.1) is 0 Å². The van der Waals surface area contributed by atoms with Gasteiger partial charge in [-0.1, -0.05) is 35.9 Å². The molecule has 0 atom stereocenters. The number of fused-ring (bicyclic) bond motifs is 1. The van der Waals surface area contributed by atoms with E-state index >= 15 is 0 Å². The van der Waals surface area contributed by atoms with Gasteiger partial charge in [-0.2, -0.15) is 0 Å². The van der Waals surface area contributed by atoms with Crippen molar-refractivity contribution in [3.63, 3.8) is 0 Å². The van der Waals surface area contributed by atoms with Gasteiger partial charge < -0.3 is 10.0 Å². The Bertz CT molecular complexity index is 748. The lowest BCUT2D eigenvalue weighted by Gasteiger charge is -2.29. The highest BCUT2D eigenvalue weighted by Gasteiger charge is 2.30. The molecule has 2 aromatic carbocycles. The smallest absolute Gasteiger partial charge is 0.303 e. The molecule has 0 unspecified atom stereocenters. The third kappa shape index (κ3) is 4.20. The molecular formula is C20H20ClNO3. The fourth-order valence-corrected chi connectivity index (χ4v) is 3.49. The van der Waals surface area contributed by atoms with Crippen molar-refractivity contribution in [1.29, 1.82) is 0 Å². The second-order valence-electron chi connectivity index (χ2n) is 6.33. The third-order valence-electron chi connectivity index (χ3n) is 4.61. The summed E-state index contributed by atoms with van der Waals surface area (Å²) in [7, 11) is 0. The molecule has 0 radical (unpaired) electrons. The van der Waals surface area contributed by atoms with E-state index in [9.17, 15) is 9.59 Å². The molecule has 3 rings (SSSR count). The topological polar surface area (TPSA) is 57.6 Å². The molecule has 0 bridgehead atoms. The van der Waals surface area contributed by atoms with Crippen LogP contribution in [0.15, 0.2) is 48.5 Å². The number of carboxylic acid groups (broad SMARTS) is 1. The SMILES string of the molecule is O=C(O)CCCN(C(=O)c1ccc(Cl)cc1)C1Cc2ccccc2C1. The van der Waals surface area contributed by atoms with Gasteiger partial charge in [0, 0.05) is 29.6 Å². The molecule has 130 valence electrons. The maximum Gasteiger partial charge on any atom is 0.303 e. The zero-order valence-electron chi connectivity index (χ0n) is 13.8. The van der Waals surface area contributed by atoms with Crippen LogP contribution in [0.25, 0.3) is 0 Å². The van der Waals surface area contributed by atoms with Crippen LogP contribution in [0.2, 0.25) is 5.02 Å². The number of hydrogen-bond donors (Lipinski definition) is 1. The minimum atomic E-state index is -0.839. The predicted molar refractivity (Wildman–Crippen MR) is 97.0 cm³/mol. The molecule has 1 N–H and O–H groups in total. The second kappa shape index (κ2) is 7.70. The molecule has 0 saturated carbocycles. The van der Waals surface area contributed by atoms with Crippen molar-refractivity contribution in [3.05, 3.63) is 70.2 Å². The lowest BCUT2D eigenvalue weighted by molar-refractivity contribution is -0.137. The Morgan fingerprint density at radius 2 is 1.64 bits per heavy atom. The van der Waals surface area contributed by atoms with E-state index in [1.54, 1.807) is 24.3 Å². The summed E-state index contributed by atoms with van der Waals surface area (Å²) in [4.78, 5) is 25.7. The standard InChI is InChI=1S/C20H20ClNO3/c21-17-9-7-14(8-10-17)20(25)22(11-3-6-19(23)24)18-12-15-4-1-2-5-16(15)13-18/h1-2,4-5,7-10,18H,3,6,11-13H2,(H,23,24). The number of carboxylic acids is 1. The molecule has 0 aliphatic heterocycles. The van der Waals surface area contributed by atoms with Crippen molar-refractivity contribution in [3.8, 4) is 0 Å². The summed E-state index contributed by atoms with van der Waals surface area (Å²) >= 11 is 5.91. The van der Waals surface area contributed by atoms with E-state index in [2.05, 4.69) is 12.1 Å². The number of carbonyl (C=O) groups is 2. The van der Waals surface area contributed by atoms with Crippen molar-refractivity contribution in [2.24, 2.45) is 0 Å². The fraction of sp³-hybridized carbons (Fsp3) is 0.300. The normalized spacial score (nSPS) is 13.5. The highest BCUT2D eigenvalue weighted by molar-refractivity contribution is 6.30. The van der Waals surface area contributed by atoms with Crippen LogP contribution in [0.3, 0.4) is 0 Å². The molecule has 5 heteroatoms. The Kier molecular flexibility index (Phi) is 5.39. The molecule has 0 saturated heterocycles. The van der Waals surface area contributed by atoms with E-state index in [0.717, 1.165) is 12.8 Å². The maximum absolute atomic E-state index is 13.0. The van der Waals surface area contributed by atoms with E-state index in [0.29, 0.717) is 23.6 Å². The number of aliphatic carboxylic acids is 1. The Hall–Kier alpha value is -2.33. The van der Waals surface area contributed by atoms with Crippen LogP contribution < -0.4 is 0 Å². The molecule has 0 heterocycles. The lowest BCUT2D eigenvalue weighted by atomic mass is 10.1. The van der Waals surface area contributed by atoms with E-state index in [4.69, 9.17) is 16.7 Å². The second-order valence-corrected chi connectivity index (χ2v) is 6.77. The third-order valence-corrected chi connectivity index (χ3v) is 4.86. The zero-order valence-corrected chi connectivity index (χ0v) is 14.6. The molecule has 1 aliphatic carbocycles. The number of carbonyl (C=O) groups excluding carboxylic acids is 1. The molecule has 1 amide bonds. The van der Waals surface area contributed by atoms with E-state index in [1.165, 1.54) is 11.1 Å². The highest BCUT2D eigenvalue weighted by Crippen LogP contribution is 2.27. The monoisotopic (exact) mass is 357 g/mol. The van der Waals surface area contributed by atoms with Crippen LogP contribution >= 0.6 is 11.6 Å². The summed E-state index contributed by atoms with van der Waals surface area (Å²) in [6.07, 6.45) is 2.12. The number of rotatable bonds is 6. The van der Waals surface area contributed by atoms with Gasteiger partial charge in [0.2, 0.25) is 0 Å². The summed E-state index contributed by atoms with van der Waals surface area (Å²) in [5, 5.41) is 9.49. The van der Waals surface area contributed by atoms with Gasteiger partial charge >= 0.3 is 5.97 Å². The Morgan fingerprint density at radius 1 is 1.04 bits per heavy atom. The van der Waals surface area contributed by atoms with Gasteiger partial charge in [-0.3, -0.25) is 9.59 Å². The Balaban J connectivity index is 1.79. The number of benzene rings is 2. The van der Waals surface area contributed by atoms with Crippen LogP contribution in [-0.2, 0) is 17.6 Å². The van der Waals surface area contributed by atoms with Crippen molar-refractivity contribution < 1.29 is 14.7 Å². The van der Waals surface area contributed by atoms with Crippen molar-refractivity contribution in [2.45, 2.75) is 31.7 Å². The molecule has 25 heavy (non-hydrogen) atoms. The van der Waals surface area contributed by atoms with Crippen LogP contribution in [0.4, 0.5) is 0 Å². The predicted octanol–water partition coefficient (Wildman–Crippen LogP) is 3.81. The summed E-state index contributed by atoms with van der Waals surface area (Å²) in [6.45, 7) is 0.437. The molecule has 0 aromatic heterocycles. The van der Waals surface area contributed by atoms with Gasteiger partial charge in [-0.05, 0) is 54.7 Å². The summed E-state index contributed by atoms with van der Waals surface area (Å²) in [5.74, 6) is -0.909. The largest absolute Gasteiger partial charge is 0.481 e.